The molecule has 0 radical (unpaired) electrons. The van der Waals surface area contributed by atoms with Gasteiger partial charge in [0, 0.05) is 36.8 Å². The van der Waals surface area contributed by atoms with Crippen molar-refractivity contribution in [3.05, 3.63) is 59.4 Å². The lowest BCUT2D eigenvalue weighted by molar-refractivity contribution is -0.137. The SMILES string of the molecule is O=S(=O)(c1cccc(C(F)(F)F)c1)c1ccc2c3c(oc2c1)C1(CCOCC1)NCC3. The molecular weight excluding hydrogens is 431 g/mol. The Labute approximate surface area is 177 Å². The van der Waals surface area contributed by atoms with Crippen molar-refractivity contribution in [3.8, 4) is 0 Å². The standard InChI is InChI=1S/C22H20F3NO4S/c23-22(24,25)14-2-1-3-15(12-14)31(27,28)16-4-5-17-18-6-9-26-21(7-10-29-11-8-21)20(18)30-19(17)13-16/h1-5,12-13,26H,6-11H2. The average Bonchev–Trinajstić information content (AvgIpc) is 3.14. The van der Waals surface area contributed by atoms with Crippen LogP contribution < -0.4 is 5.32 Å². The Morgan fingerprint density at radius 3 is 2.48 bits per heavy atom. The molecule has 1 fully saturated rings. The lowest BCUT2D eigenvalue weighted by atomic mass is 9.81. The van der Waals surface area contributed by atoms with Crippen LogP contribution in [-0.2, 0) is 32.7 Å². The molecule has 1 N–H and O–H groups in total. The molecule has 1 aromatic heterocycles. The van der Waals surface area contributed by atoms with E-state index in [1.54, 1.807) is 6.07 Å². The van der Waals surface area contributed by atoms with Crippen molar-refractivity contribution in [1.29, 1.82) is 0 Å². The third-order valence-corrected chi connectivity index (χ3v) is 7.91. The van der Waals surface area contributed by atoms with Crippen LogP contribution in [0.1, 0.15) is 29.7 Å². The number of halogens is 3. The molecule has 0 atom stereocenters. The summed E-state index contributed by atoms with van der Waals surface area (Å²) in [5.41, 5.74) is 0.146. The lowest BCUT2D eigenvalue weighted by Crippen LogP contribution is -2.50. The minimum atomic E-state index is -4.62. The molecule has 164 valence electrons. The minimum Gasteiger partial charge on any atom is -0.459 e. The van der Waals surface area contributed by atoms with E-state index < -0.39 is 26.5 Å². The highest BCUT2D eigenvalue weighted by Crippen LogP contribution is 2.42. The van der Waals surface area contributed by atoms with Gasteiger partial charge in [-0.05, 0) is 49.6 Å². The highest BCUT2D eigenvalue weighted by molar-refractivity contribution is 7.91. The number of rotatable bonds is 2. The lowest BCUT2D eigenvalue weighted by Gasteiger charge is -2.39. The van der Waals surface area contributed by atoms with E-state index in [9.17, 15) is 21.6 Å². The van der Waals surface area contributed by atoms with Crippen LogP contribution >= 0.6 is 0 Å². The van der Waals surface area contributed by atoms with Gasteiger partial charge in [0.15, 0.2) is 0 Å². The molecule has 3 heterocycles. The zero-order valence-electron chi connectivity index (χ0n) is 16.5. The molecule has 31 heavy (non-hydrogen) atoms. The van der Waals surface area contributed by atoms with Gasteiger partial charge in [-0.3, -0.25) is 0 Å². The zero-order chi connectivity index (χ0) is 21.9. The molecule has 2 aliphatic rings. The van der Waals surface area contributed by atoms with E-state index in [2.05, 4.69) is 5.32 Å². The van der Waals surface area contributed by atoms with Gasteiger partial charge >= 0.3 is 6.18 Å². The van der Waals surface area contributed by atoms with Crippen LogP contribution in [0.25, 0.3) is 11.0 Å². The Kier molecular flexibility index (Phi) is 4.69. The maximum atomic E-state index is 13.1. The van der Waals surface area contributed by atoms with Gasteiger partial charge < -0.3 is 14.5 Å². The Morgan fingerprint density at radius 1 is 1.00 bits per heavy atom. The van der Waals surface area contributed by atoms with Crippen LogP contribution in [0.15, 0.2) is 56.7 Å². The maximum absolute atomic E-state index is 13.1. The summed E-state index contributed by atoms with van der Waals surface area (Å²) in [6, 6.07) is 8.32. The first kappa shape index (κ1) is 20.5. The molecule has 0 aliphatic carbocycles. The van der Waals surface area contributed by atoms with Crippen LogP contribution in [0, 0.1) is 0 Å². The largest absolute Gasteiger partial charge is 0.459 e. The van der Waals surface area contributed by atoms with E-state index in [-0.39, 0.29) is 10.4 Å². The second-order valence-corrected chi connectivity index (χ2v) is 9.92. The van der Waals surface area contributed by atoms with Gasteiger partial charge in [0.1, 0.15) is 11.3 Å². The molecule has 3 aromatic rings. The number of alkyl halides is 3. The van der Waals surface area contributed by atoms with Crippen LogP contribution in [0.4, 0.5) is 13.2 Å². The van der Waals surface area contributed by atoms with E-state index in [4.69, 9.17) is 9.15 Å². The van der Waals surface area contributed by atoms with Crippen LogP contribution in [0.3, 0.4) is 0 Å². The first-order valence-corrected chi connectivity index (χ1v) is 11.5. The predicted octanol–water partition coefficient (Wildman–Crippen LogP) is 4.44. The van der Waals surface area contributed by atoms with E-state index in [0.29, 0.717) is 24.9 Å². The number of fused-ring (bicyclic) bond motifs is 4. The van der Waals surface area contributed by atoms with Gasteiger partial charge in [-0.1, -0.05) is 6.07 Å². The van der Waals surface area contributed by atoms with E-state index in [1.165, 1.54) is 18.2 Å². The third-order valence-electron chi connectivity index (χ3n) is 6.17. The van der Waals surface area contributed by atoms with E-state index in [1.807, 2.05) is 0 Å². The van der Waals surface area contributed by atoms with Gasteiger partial charge in [-0.2, -0.15) is 13.2 Å². The van der Waals surface area contributed by atoms with Crippen molar-refractivity contribution in [2.45, 2.75) is 40.8 Å². The molecule has 0 unspecified atom stereocenters. The molecule has 0 amide bonds. The van der Waals surface area contributed by atoms with Crippen molar-refractivity contribution in [1.82, 2.24) is 5.32 Å². The summed E-state index contributed by atoms with van der Waals surface area (Å²) >= 11 is 0. The Hall–Kier alpha value is -2.36. The van der Waals surface area contributed by atoms with Crippen molar-refractivity contribution in [2.24, 2.45) is 0 Å². The molecular formula is C22H20F3NO4S. The predicted molar refractivity (Wildman–Crippen MR) is 107 cm³/mol. The van der Waals surface area contributed by atoms with Gasteiger partial charge in [0.2, 0.25) is 9.84 Å². The number of benzene rings is 2. The average molecular weight is 451 g/mol. The van der Waals surface area contributed by atoms with Crippen LogP contribution in [0.5, 0.6) is 0 Å². The summed E-state index contributed by atoms with van der Waals surface area (Å²) in [7, 11) is -4.14. The van der Waals surface area contributed by atoms with Gasteiger partial charge in [0.05, 0.1) is 20.9 Å². The summed E-state index contributed by atoms with van der Waals surface area (Å²) in [5, 5.41) is 4.38. The molecule has 5 rings (SSSR count). The Morgan fingerprint density at radius 2 is 1.74 bits per heavy atom. The van der Waals surface area contributed by atoms with Crippen molar-refractivity contribution in [3.63, 3.8) is 0 Å². The van der Waals surface area contributed by atoms with Crippen molar-refractivity contribution >= 4 is 20.8 Å². The molecule has 9 heteroatoms. The number of ether oxygens (including phenoxy) is 1. The summed E-state index contributed by atoms with van der Waals surface area (Å²) in [5.74, 6) is 0.811. The fourth-order valence-electron chi connectivity index (χ4n) is 4.54. The number of furan rings is 1. The quantitative estimate of drug-likeness (QED) is 0.624. The zero-order valence-corrected chi connectivity index (χ0v) is 17.3. The van der Waals surface area contributed by atoms with E-state index in [0.717, 1.165) is 54.6 Å². The highest BCUT2D eigenvalue weighted by Gasteiger charge is 2.42. The van der Waals surface area contributed by atoms with Crippen LogP contribution in [-0.4, -0.2) is 28.2 Å². The fourth-order valence-corrected chi connectivity index (χ4v) is 5.86. The van der Waals surface area contributed by atoms with Crippen molar-refractivity contribution < 1.29 is 30.7 Å². The maximum Gasteiger partial charge on any atom is 0.416 e. The summed E-state index contributed by atoms with van der Waals surface area (Å²) in [4.78, 5) is -0.500. The Balaban J connectivity index is 1.60. The van der Waals surface area contributed by atoms with Gasteiger partial charge in [-0.15, -0.1) is 0 Å². The second-order valence-electron chi connectivity index (χ2n) is 7.97. The molecule has 1 saturated heterocycles. The summed E-state index contributed by atoms with van der Waals surface area (Å²) in [6.45, 7) is 2.00. The second kappa shape index (κ2) is 7.08. The molecule has 0 saturated carbocycles. The number of hydrogen-bond donors (Lipinski definition) is 1. The highest BCUT2D eigenvalue weighted by atomic mass is 32.2. The first-order chi connectivity index (χ1) is 14.7. The topological polar surface area (TPSA) is 68.5 Å². The Bertz CT molecular complexity index is 1260. The molecule has 1 spiro atoms. The monoisotopic (exact) mass is 451 g/mol. The third kappa shape index (κ3) is 3.35. The van der Waals surface area contributed by atoms with Gasteiger partial charge in [0.25, 0.3) is 0 Å². The number of hydrogen-bond acceptors (Lipinski definition) is 5. The molecule has 0 bridgehead atoms. The summed E-state index contributed by atoms with van der Waals surface area (Å²) in [6.07, 6.45) is -2.35. The molecule has 2 aliphatic heterocycles. The normalized spacial score (nSPS) is 18.9. The van der Waals surface area contributed by atoms with Crippen LogP contribution in [0.2, 0.25) is 0 Å². The summed E-state index contributed by atoms with van der Waals surface area (Å²) < 4.78 is 76.9. The van der Waals surface area contributed by atoms with Gasteiger partial charge in [-0.25, -0.2) is 8.42 Å². The fraction of sp³-hybridized carbons (Fsp3) is 0.364. The van der Waals surface area contributed by atoms with Crippen molar-refractivity contribution in [2.75, 3.05) is 19.8 Å². The van der Waals surface area contributed by atoms with E-state index >= 15 is 0 Å². The number of nitrogens with one attached hydrogen (secondary N) is 1. The smallest absolute Gasteiger partial charge is 0.416 e. The molecule has 5 nitrogen and oxygen atoms in total. The first-order valence-electron chi connectivity index (χ1n) is 10.0. The molecule has 2 aromatic carbocycles. The number of sulfone groups is 1. The minimum absolute atomic E-state index is 0.0978.